The van der Waals surface area contributed by atoms with Crippen molar-refractivity contribution in [1.29, 1.82) is 0 Å². The Labute approximate surface area is 77.9 Å². The van der Waals surface area contributed by atoms with Crippen LogP contribution in [0, 0.1) is 6.92 Å². The van der Waals surface area contributed by atoms with Crippen molar-refractivity contribution in [3.05, 3.63) is 23.8 Å². The van der Waals surface area contributed by atoms with E-state index in [1.807, 2.05) is 18.2 Å². The first kappa shape index (κ1) is 8.38. The largest absolute Gasteiger partial charge is 0.399 e. The van der Waals surface area contributed by atoms with Gasteiger partial charge in [-0.2, -0.15) is 0 Å². The Balaban J connectivity index is 2.10. The summed E-state index contributed by atoms with van der Waals surface area (Å²) in [5, 5.41) is 3.39. The first-order chi connectivity index (χ1) is 6.25. The average Bonchev–Trinajstić information content (AvgIpc) is 1.99. The molecule has 1 aromatic carbocycles. The van der Waals surface area contributed by atoms with Crippen molar-refractivity contribution in [2.45, 2.75) is 13.0 Å². The Morgan fingerprint density at radius 2 is 2.23 bits per heavy atom. The number of benzene rings is 1. The molecule has 0 unspecified atom stereocenters. The van der Waals surface area contributed by atoms with E-state index in [1.54, 1.807) is 0 Å². The number of nitrogen functional groups attached to an aromatic ring is 1. The van der Waals surface area contributed by atoms with Crippen LogP contribution in [0.15, 0.2) is 18.2 Å². The van der Waals surface area contributed by atoms with E-state index in [0.29, 0.717) is 6.04 Å². The summed E-state index contributed by atoms with van der Waals surface area (Å²) in [6, 6.07) is 6.38. The summed E-state index contributed by atoms with van der Waals surface area (Å²) in [7, 11) is 0. The molecule has 0 atom stereocenters. The van der Waals surface area contributed by atoms with Crippen LogP contribution in [0.1, 0.15) is 5.56 Å². The highest BCUT2D eigenvalue weighted by molar-refractivity contribution is 5.58. The predicted octanol–water partition coefficient (Wildman–Crippen LogP) is 1.39. The maximum absolute atomic E-state index is 5.65. The van der Waals surface area contributed by atoms with Crippen LogP contribution in [0.3, 0.4) is 0 Å². The number of hydrogen-bond donors (Lipinski definition) is 2. The van der Waals surface area contributed by atoms with Crippen LogP contribution < -0.4 is 11.1 Å². The van der Waals surface area contributed by atoms with Crippen LogP contribution in [0.5, 0.6) is 0 Å². The van der Waals surface area contributed by atoms with E-state index in [0.717, 1.165) is 24.6 Å². The summed E-state index contributed by atoms with van der Waals surface area (Å²) in [4.78, 5) is 0. The molecule has 1 fully saturated rings. The molecule has 3 N–H and O–H groups in total. The number of hydrogen-bond acceptors (Lipinski definition) is 3. The molecule has 0 saturated carbocycles. The zero-order valence-electron chi connectivity index (χ0n) is 7.71. The Hall–Kier alpha value is -1.22. The lowest BCUT2D eigenvalue weighted by Gasteiger charge is -2.28. The molecule has 0 aliphatic carbocycles. The lowest BCUT2D eigenvalue weighted by Crippen LogP contribution is -2.40. The molecule has 1 aliphatic rings. The third-order valence-electron chi connectivity index (χ3n) is 2.25. The van der Waals surface area contributed by atoms with Gasteiger partial charge in [-0.05, 0) is 30.7 Å². The fraction of sp³-hybridized carbons (Fsp3) is 0.400. The Morgan fingerprint density at radius 3 is 2.77 bits per heavy atom. The van der Waals surface area contributed by atoms with E-state index in [-0.39, 0.29) is 0 Å². The molecule has 1 saturated heterocycles. The van der Waals surface area contributed by atoms with Gasteiger partial charge in [-0.25, -0.2) is 0 Å². The molecular formula is C10H14N2O. The normalized spacial score (nSPS) is 16.7. The second-order valence-electron chi connectivity index (χ2n) is 3.45. The van der Waals surface area contributed by atoms with Crippen LogP contribution in [0.2, 0.25) is 0 Å². The van der Waals surface area contributed by atoms with E-state index in [2.05, 4.69) is 12.2 Å². The van der Waals surface area contributed by atoms with Gasteiger partial charge in [0.25, 0.3) is 0 Å². The molecule has 3 heteroatoms. The van der Waals surface area contributed by atoms with Gasteiger partial charge in [0.15, 0.2) is 0 Å². The van der Waals surface area contributed by atoms with Crippen molar-refractivity contribution in [3.63, 3.8) is 0 Å². The molecule has 70 valence electrons. The van der Waals surface area contributed by atoms with Crippen LogP contribution in [0.25, 0.3) is 0 Å². The molecule has 0 amide bonds. The summed E-state index contributed by atoms with van der Waals surface area (Å²) in [5.41, 5.74) is 8.81. The lowest BCUT2D eigenvalue weighted by atomic mass is 10.1. The fourth-order valence-corrected chi connectivity index (χ4v) is 1.39. The van der Waals surface area contributed by atoms with Crippen molar-refractivity contribution in [3.8, 4) is 0 Å². The minimum absolute atomic E-state index is 0.474. The van der Waals surface area contributed by atoms with Crippen LogP contribution in [-0.2, 0) is 4.74 Å². The fourth-order valence-electron chi connectivity index (χ4n) is 1.39. The summed E-state index contributed by atoms with van der Waals surface area (Å²) >= 11 is 0. The van der Waals surface area contributed by atoms with Crippen molar-refractivity contribution < 1.29 is 4.74 Å². The third kappa shape index (κ3) is 1.75. The third-order valence-corrected chi connectivity index (χ3v) is 2.25. The quantitative estimate of drug-likeness (QED) is 0.673. The second-order valence-corrected chi connectivity index (χ2v) is 3.45. The number of nitrogens with one attached hydrogen (secondary N) is 1. The molecule has 0 spiro atoms. The van der Waals surface area contributed by atoms with Gasteiger partial charge in [0.05, 0.1) is 19.3 Å². The number of nitrogens with two attached hydrogens (primary N) is 1. The molecule has 0 aromatic heterocycles. The zero-order chi connectivity index (χ0) is 9.26. The van der Waals surface area contributed by atoms with E-state index < -0.39 is 0 Å². The van der Waals surface area contributed by atoms with E-state index >= 15 is 0 Å². The van der Waals surface area contributed by atoms with Gasteiger partial charge in [0.2, 0.25) is 0 Å². The van der Waals surface area contributed by atoms with Crippen LogP contribution >= 0.6 is 0 Å². The molecule has 1 aromatic rings. The molecule has 0 radical (unpaired) electrons. The maximum atomic E-state index is 5.65. The van der Waals surface area contributed by atoms with Gasteiger partial charge in [-0.1, -0.05) is 0 Å². The molecule has 2 rings (SSSR count). The zero-order valence-corrected chi connectivity index (χ0v) is 7.71. The second kappa shape index (κ2) is 3.26. The van der Waals surface area contributed by atoms with Crippen LogP contribution in [0.4, 0.5) is 11.4 Å². The van der Waals surface area contributed by atoms with Gasteiger partial charge < -0.3 is 15.8 Å². The minimum Gasteiger partial charge on any atom is -0.399 e. The SMILES string of the molecule is Cc1cc(N)ccc1NC1COC1. The van der Waals surface area contributed by atoms with Gasteiger partial charge in [-0.3, -0.25) is 0 Å². The molecule has 1 aliphatic heterocycles. The molecule has 13 heavy (non-hydrogen) atoms. The summed E-state index contributed by atoms with van der Waals surface area (Å²) in [6.45, 7) is 3.67. The Morgan fingerprint density at radius 1 is 1.46 bits per heavy atom. The van der Waals surface area contributed by atoms with Crippen LogP contribution in [-0.4, -0.2) is 19.3 Å². The monoisotopic (exact) mass is 178 g/mol. The summed E-state index contributed by atoms with van der Waals surface area (Å²) < 4.78 is 5.08. The molecule has 0 bridgehead atoms. The van der Waals surface area contributed by atoms with Gasteiger partial charge in [0.1, 0.15) is 0 Å². The van der Waals surface area contributed by atoms with Gasteiger partial charge in [0, 0.05) is 11.4 Å². The summed E-state index contributed by atoms with van der Waals surface area (Å²) in [6.07, 6.45) is 0. The topological polar surface area (TPSA) is 47.3 Å². The first-order valence-electron chi connectivity index (χ1n) is 4.46. The van der Waals surface area contributed by atoms with Gasteiger partial charge in [-0.15, -0.1) is 0 Å². The Bertz CT molecular complexity index is 308. The number of aryl methyl sites for hydroxylation is 1. The average molecular weight is 178 g/mol. The predicted molar refractivity (Wildman–Crippen MR) is 53.8 cm³/mol. The first-order valence-corrected chi connectivity index (χ1v) is 4.46. The van der Waals surface area contributed by atoms with Crippen molar-refractivity contribution in [2.24, 2.45) is 0 Å². The molecular weight excluding hydrogens is 164 g/mol. The smallest absolute Gasteiger partial charge is 0.0728 e. The number of anilines is 2. The van der Waals surface area contributed by atoms with E-state index in [9.17, 15) is 0 Å². The van der Waals surface area contributed by atoms with Crippen molar-refractivity contribution in [2.75, 3.05) is 24.3 Å². The summed E-state index contributed by atoms with van der Waals surface area (Å²) in [5.74, 6) is 0. The van der Waals surface area contributed by atoms with Gasteiger partial charge >= 0.3 is 0 Å². The van der Waals surface area contributed by atoms with Crippen molar-refractivity contribution in [1.82, 2.24) is 0 Å². The molecule has 1 heterocycles. The standard InChI is InChI=1S/C10H14N2O/c1-7-4-8(11)2-3-10(7)12-9-5-13-6-9/h2-4,9,12H,5-6,11H2,1H3. The minimum atomic E-state index is 0.474. The maximum Gasteiger partial charge on any atom is 0.0728 e. The lowest BCUT2D eigenvalue weighted by molar-refractivity contribution is 0.0211. The van der Waals surface area contributed by atoms with E-state index in [4.69, 9.17) is 10.5 Å². The highest BCUT2D eigenvalue weighted by Gasteiger charge is 2.18. The molecule has 3 nitrogen and oxygen atoms in total. The highest BCUT2D eigenvalue weighted by Crippen LogP contribution is 2.19. The number of ether oxygens (including phenoxy) is 1. The van der Waals surface area contributed by atoms with Crippen molar-refractivity contribution >= 4 is 11.4 Å². The highest BCUT2D eigenvalue weighted by atomic mass is 16.5. The number of rotatable bonds is 2. The Kier molecular flexibility index (Phi) is 2.10. The van der Waals surface area contributed by atoms with E-state index in [1.165, 1.54) is 5.56 Å².